The Hall–Kier alpha value is -2.50. The number of hydrogen-bond acceptors (Lipinski definition) is 3. The Labute approximate surface area is 120 Å². The number of fused-ring (bicyclic) bond motifs is 1. The molecule has 21 heavy (non-hydrogen) atoms. The predicted molar refractivity (Wildman–Crippen MR) is 75.9 cm³/mol. The first kappa shape index (κ1) is 13.5. The second-order valence-electron chi connectivity index (χ2n) is 5.14. The molecule has 0 bridgehead atoms. The summed E-state index contributed by atoms with van der Waals surface area (Å²) in [5.74, 6) is -0.607. The number of rotatable bonds is 1. The van der Waals surface area contributed by atoms with Crippen molar-refractivity contribution in [3.05, 3.63) is 57.8 Å². The van der Waals surface area contributed by atoms with Gasteiger partial charge in [0.2, 0.25) is 0 Å². The monoisotopic (exact) mass is 287 g/mol. The van der Waals surface area contributed by atoms with Crippen LogP contribution in [0.25, 0.3) is 0 Å². The number of carbonyl (C=O) groups excluding carboxylic acids is 1. The number of aryl methyl sites for hydroxylation is 1. The minimum Gasteiger partial charge on any atom is -0.304 e. The summed E-state index contributed by atoms with van der Waals surface area (Å²) >= 11 is 0. The zero-order valence-corrected chi connectivity index (χ0v) is 11.5. The summed E-state index contributed by atoms with van der Waals surface area (Å²) in [6.07, 6.45) is 1.49. The molecule has 6 heteroatoms. The normalized spacial score (nSPS) is 17.4. The smallest absolute Gasteiger partial charge is 0.278 e. The number of carbonyl (C=O) groups is 1. The summed E-state index contributed by atoms with van der Waals surface area (Å²) in [4.78, 5) is 25.3. The minimum atomic E-state index is -0.360. The molecule has 2 aromatic rings. The van der Waals surface area contributed by atoms with E-state index in [0.29, 0.717) is 5.69 Å². The molecule has 1 atom stereocenters. The van der Waals surface area contributed by atoms with E-state index in [-0.39, 0.29) is 29.0 Å². The van der Waals surface area contributed by atoms with Crippen LogP contribution in [0, 0.1) is 5.82 Å². The summed E-state index contributed by atoms with van der Waals surface area (Å²) in [5, 5.41) is 6.03. The number of aromatic amines is 1. The van der Waals surface area contributed by atoms with Gasteiger partial charge in [-0.1, -0.05) is 0 Å². The fourth-order valence-corrected chi connectivity index (χ4v) is 2.62. The summed E-state index contributed by atoms with van der Waals surface area (Å²) in [7, 11) is 0. The average molecular weight is 287 g/mol. The van der Waals surface area contributed by atoms with E-state index < -0.39 is 0 Å². The number of hydrogen-bond donors (Lipinski definition) is 1. The van der Waals surface area contributed by atoms with Crippen molar-refractivity contribution in [2.75, 3.05) is 4.90 Å². The Kier molecular flexibility index (Phi) is 3.29. The molecule has 2 heterocycles. The lowest BCUT2D eigenvalue weighted by atomic mass is 9.96. The van der Waals surface area contributed by atoms with Crippen molar-refractivity contribution in [1.82, 2.24) is 10.2 Å². The van der Waals surface area contributed by atoms with Crippen molar-refractivity contribution in [2.24, 2.45) is 0 Å². The molecule has 0 unspecified atom stereocenters. The summed E-state index contributed by atoms with van der Waals surface area (Å²) in [5.41, 5.74) is 1.32. The Morgan fingerprint density at radius 3 is 2.90 bits per heavy atom. The second kappa shape index (κ2) is 5.12. The maximum absolute atomic E-state index is 13.3. The summed E-state index contributed by atoms with van der Waals surface area (Å²) < 4.78 is 13.3. The Morgan fingerprint density at radius 1 is 1.38 bits per heavy atom. The zero-order chi connectivity index (χ0) is 15.0. The third-order valence-corrected chi connectivity index (χ3v) is 3.69. The summed E-state index contributed by atoms with van der Waals surface area (Å²) in [6, 6.07) is 7.07. The van der Waals surface area contributed by atoms with Gasteiger partial charge >= 0.3 is 0 Å². The van der Waals surface area contributed by atoms with Crippen LogP contribution in [-0.4, -0.2) is 22.1 Å². The number of nitrogens with zero attached hydrogens (tertiary/aromatic N) is 2. The molecule has 1 aromatic heterocycles. The number of benzene rings is 1. The van der Waals surface area contributed by atoms with Gasteiger partial charge in [-0.25, -0.2) is 9.49 Å². The molecule has 1 aromatic carbocycles. The van der Waals surface area contributed by atoms with E-state index in [4.69, 9.17) is 0 Å². The quantitative estimate of drug-likeness (QED) is 0.871. The van der Waals surface area contributed by atoms with E-state index in [1.807, 2.05) is 6.92 Å². The van der Waals surface area contributed by atoms with Crippen LogP contribution in [0.1, 0.15) is 29.4 Å². The van der Waals surface area contributed by atoms with Crippen molar-refractivity contribution in [3.63, 3.8) is 0 Å². The van der Waals surface area contributed by atoms with Gasteiger partial charge < -0.3 is 4.90 Å². The van der Waals surface area contributed by atoms with Gasteiger partial charge in [0.15, 0.2) is 0 Å². The largest absolute Gasteiger partial charge is 0.304 e. The van der Waals surface area contributed by atoms with Gasteiger partial charge in [0, 0.05) is 17.8 Å². The van der Waals surface area contributed by atoms with Crippen LogP contribution in [-0.2, 0) is 6.42 Å². The predicted octanol–water partition coefficient (Wildman–Crippen LogP) is 1.89. The lowest BCUT2D eigenvalue weighted by Gasteiger charge is -2.35. The van der Waals surface area contributed by atoms with Gasteiger partial charge in [0.25, 0.3) is 11.5 Å². The van der Waals surface area contributed by atoms with Gasteiger partial charge in [-0.3, -0.25) is 9.59 Å². The molecule has 1 N–H and O–H groups in total. The van der Waals surface area contributed by atoms with E-state index in [2.05, 4.69) is 10.2 Å². The highest BCUT2D eigenvalue weighted by Gasteiger charge is 2.29. The van der Waals surface area contributed by atoms with E-state index in [1.54, 1.807) is 11.0 Å². The molecule has 0 aliphatic carbocycles. The highest BCUT2D eigenvalue weighted by molar-refractivity contribution is 6.05. The van der Waals surface area contributed by atoms with Crippen LogP contribution < -0.4 is 10.5 Å². The van der Waals surface area contributed by atoms with Gasteiger partial charge in [0.05, 0.1) is 0 Å². The molecule has 1 amide bonds. The van der Waals surface area contributed by atoms with Crippen LogP contribution in [0.15, 0.2) is 35.1 Å². The molecule has 1 aliphatic rings. The number of anilines is 1. The Balaban J connectivity index is 2.03. The van der Waals surface area contributed by atoms with E-state index in [9.17, 15) is 14.0 Å². The van der Waals surface area contributed by atoms with Crippen molar-refractivity contribution in [2.45, 2.75) is 25.8 Å². The van der Waals surface area contributed by atoms with Gasteiger partial charge in [-0.15, -0.1) is 0 Å². The standard InChI is InChI=1S/C15H14FN3O2/c1-9-2-3-10-8-11(16)4-6-13(10)19(9)15(21)12-5-7-14(20)18-17-12/h4-9H,2-3H2,1H3,(H,18,20)/t9-/m0/s1. The van der Waals surface area contributed by atoms with E-state index in [0.717, 1.165) is 18.4 Å². The van der Waals surface area contributed by atoms with Crippen molar-refractivity contribution < 1.29 is 9.18 Å². The van der Waals surface area contributed by atoms with Crippen LogP contribution in [0.5, 0.6) is 0 Å². The molecule has 0 saturated carbocycles. The van der Waals surface area contributed by atoms with Crippen molar-refractivity contribution >= 4 is 11.6 Å². The van der Waals surface area contributed by atoms with E-state index >= 15 is 0 Å². The molecular formula is C15H14FN3O2. The fraction of sp³-hybridized carbons (Fsp3) is 0.267. The van der Waals surface area contributed by atoms with Crippen LogP contribution in [0.4, 0.5) is 10.1 Å². The highest BCUT2D eigenvalue weighted by Crippen LogP contribution is 2.32. The zero-order valence-electron chi connectivity index (χ0n) is 11.5. The van der Waals surface area contributed by atoms with Gasteiger partial charge in [0.1, 0.15) is 11.5 Å². The first-order chi connectivity index (χ1) is 10.1. The first-order valence-corrected chi connectivity index (χ1v) is 6.74. The third kappa shape index (κ3) is 2.44. The number of amides is 1. The van der Waals surface area contributed by atoms with Crippen molar-refractivity contribution in [3.8, 4) is 0 Å². The maximum Gasteiger partial charge on any atom is 0.278 e. The molecule has 0 saturated heterocycles. The third-order valence-electron chi connectivity index (χ3n) is 3.69. The molecule has 5 nitrogen and oxygen atoms in total. The minimum absolute atomic E-state index is 0.0100. The molecule has 0 radical (unpaired) electrons. The second-order valence-corrected chi connectivity index (χ2v) is 5.14. The van der Waals surface area contributed by atoms with Crippen LogP contribution >= 0.6 is 0 Å². The topological polar surface area (TPSA) is 66.1 Å². The lowest BCUT2D eigenvalue weighted by Crippen LogP contribution is -2.42. The number of aromatic nitrogens is 2. The Bertz CT molecular complexity index is 736. The SMILES string of the molecule is C[C@H]1CCc2cc(F)ccc2N1C(=O)c1ccc(=O)[nH]n1. The molecule has 108 valence electrons. The first-order valence-electron chi connectivity index (χ1n) is 6.74. The number of nitrogens with one attached hydrogen (secondary N) is 1. The molecule has 3 rings (SSSR count). The van der Waals surface area contributed by atoms with Crippen LogP contribution in [0.3, 0.4) is 0 Å². The van der Waals surface area contributed by atoms with E-state index in [1.165, 1.54) is 24.3 Å². The number of H-pyrrole nitrogens is 1. The van der Waals surface area contributed by atoms with Gasteiger partial charge in [-0.2, -0.15) is 5.10 Å². The summed E-state index contributed by atoms with van der Waals surface area (Å²) in [6.45, 7) is 1.94. The van der Waals surface area contributed by atoms with Crippen molar-refractivity contribution in [1.29, 1.82) is 0 Å². The lowest BCUT2D eigenvalue weighted by molar-refractivity contribution is 0.0969. The highest BCUT2D eigenvalue weighted by atomic mass is 19.1. The number of halogens is 1. The fourth-order valence-electron chi connectivity index (χ4n) is 2.62. The molecule has 0 fully saturated rings. The maximum atomic E-state index is 13.3. The Morgan fingerprint density at radius 2 is 2.19 bits per heavy atom. The molecule has 1 aliphatic heterocycles. The molecule has 0 spiro atoms. The molecular weight excluding hydrogens is 273 g/mol. The van der Waals surface area contributed by atoms with Gasteiger partial charge in [-0.05, 0) is 49.6 Å². The average Bonchev–Trinajstić information content (AvgIpc) is 2.47. The van der Waals surface area contributed by atoms with Crippen LogP contribution in [0.2, 0.25) is 0 Å².